The molecule has 2 aromatic carbocycles. The molecule has 1 amide bonds. The lowest BCUT2D eigenvalue weighted by Gasteiger charge is -2.38. The zero-order chi connectivity index (χ0) is 17.6. The van der Waals surface area contributed by atoms with Gasteiger partial charge in [-0.15, -0.1) is 0 Å². The van der Waals surface area contributed by atoms with Crippen molar-refractivity contribution in [1.82, 2.24) is 10.6 Å². The van der Waals surface area contributed by atoms with Crippen LogP contribution >= 0.6 is 0 Å². The second-order valence-corrected chi connectivity index (χ2v) is 6.48. The molecule has 0 heterocycles. The molecule has 4 nitrogen and oxygen atoms in total. The molecule has 5 heteroatoms. The van der Waals surface area contributed by atoms with Gasteiger partial charge in [-0.2, -0.15) is 0 Å². The standard InChI is InChI=1S/C20H23FN2O2/c1-14(18-9-5-6-10-19(18)21)22-16-11-17(12-16)23-20(24)25-13-15-7-3-2-4-8-15/h2-10,14,16-17,22H,11-13H2,1H3,(H,23,24)/t14-,16?,17?/m1/s1. The third-order valence-corrected chi connectivity index (χ3v) is 4.53. The van der Waals surface area contributed by atoms with E-state index in [1.807, 2.05) is 43.3 Å². The molecule has 1 saturated carbocycles. The summed E-state index contributed by atoms with van der Waals surface area (Å²) in [6.45, 7) is 2.22. The quantitative estimate of drug-likeness (QED) is 0.836. The van der Waals surface area contributed by atoms with Crippen molar-refractivity contribution in [3.63, 3.8) is 0 Å². The van der Waals surface area contributed by atoms with Gasteiger partial charge in [-0.3, -0.25) is 0 Å². The monoisotopic (exact) mass is 342 g/mol. The normalized spacial score (nSPS) is 20.4. The first-order valence-corrected chi connectivity index (χ1v) is 8.59. The van der Waals surface area contributed by atoms with Crippen molar-refractivity contribution in [2.75, 3.05) is 0 Å². The van der Waals surface area contributed by atoms with Crippen molar-refractivity contribution in [2.24, 2.45) is 0 Å². The van der Waals surface area contributed by atoms with Crippen LogP contribution in [0.2, 0.25) is 0 Å². The Labute approximate surface area is 147 Å². The summed E-state index contributed by atoms with van der Waals surface area (Å²) in [6, 6.07) is 16.7. The lowest BCUT2D eigenvalue weighted by Crippen LogP contribution is -2.52. The highest BCUT2D eigenvalue weighted by atomic mass is 19.1. The lowest BCUT2D eigenvalue weighted by molar-refractivity contribution is 0.124. The maximum atomic E-state index is 13.8. The van der Waals surface area contributed by atoms with Gasteiger partial charge in [0.1, 0.15) is 12.4 Å². The van der Waals surface area contributed by atoms with Crippen LogP contribution in [0.1, 0.15) is 36.9 Å². The van der Waals surface area contributed by atoms with Gasteiger partial charge >= 0.3 is 6.09 Å². The number of carbonyl (C=O) groups is 1. The van der Waals surface area contributed by atoms with Gasteiger partial charge in [0.25, 0.3) is 0 Å². The third-order valence-electron chi connectivity index (χ3n) is 4.53. The second kappa shape index (κ2) is 8.12. The molecule has 132 valence electrons. The highest BCUT2D eigenvalue weighted by Crippen LogP contribution is 2.25. The number of hydrogen-bond donors (Lipinski definition) is 2. The fraction of sp³-hybridized carbons (Fsp3) is 0.350. The van der Waals surface area contributed by atoms with Gasteiger partial charge < -0.3 is 15.4 Å². The summed E-state index contributed by atoms with van der Waals surface area (Å²) in [5, 5.41) is 6.27. The van der Waals surface area contributed by atoms with Gasteiger partial charge in [-0.1, -0.05) is 48.5 Å². The number of nitrogens with one attached hydrogen (secondary N) is 2. The van der Waals surface area contributed by atoms with Crippen LogP contribution in [0.5, 0.6) is 0 Å². The van der Waals surface area contributed by atoms with Gasteiger partial charge in [0.05, 0.1) is 0 Å². The summed E-state index contributed by atoms with van der Waals surface area (Å²) < 4.78 is 19.0. The zero-order valence-corrected chi connectivity index (χ0v) is 14.2. The van der Waals surface area contributed by atoms with E-state index in [-0.39, 0.29) is 30.5 Å². The van der Waals surface area contributed by atoms with E-state index in [9.17, 15) is 9.18 Å². The zero-order valence-electron chi connectivity index (χ0n) is 14.2. The van der Waals surface area contributed by atoms with E-state index in [0.717, 1.165) is 18.4 Å². The summed E-state index contributed by atoms with van der Waals surface area (Å²) >= 11 is 0. The van der Waals surface area contributed by atoms with Crippen LogP contribution in [0.4, 0.5) is 9.18 Å². The predicted molar refractivity (Wildman–Crippen MR) is 94.5 cm³/mol. The molecule has 0 bridgehead atoms. The summed E-state index contributed by atoms with van der Waals surface area (Å²) in [6.07, 6.45) is 1.24. The Balaban J connectivity index is 1.36. The van der Waals surface area contributed by atoms with Crippen LogP contribution in [0.25, 0.3) is 0 Å². The molecule has 1 aliphatic rings. The lowest BCUT2D eigenvalue weighted by atomic mass is 9.86. The van der Waals surface area contributed by atoms with Crippen LogP contribution in [0.3, 0.4) is 0 Å². The molecule has 0 spiro atoms. The number of ether oxygens (including phenoxy) is 1. The van der Waals surface area contributed by atoms with E-state index in [2.05, 4.69) is 10.6 Å². The number of halogens is 1. The van der Waals surface area contributed by atoms with Crippen LogP contribution in [-0.4, -0.2) is 18.2 Å². The highest BCUT2D eigenvalue weighted by molar-refractivity contribution is 5.67. The maximum absolute atomic E-state index is 13.8. The molecule has 2 N–H and O–H groups in total. The van der Waals surface area contributed by atoms with Crippen molar-refractivity contribution in [1.29, 1.82) is 0 Å². The molecule has 0 radical (unpaired) electrons. The van der Waals surface area contributed by atoms with E-state index in [4.69, 9.17) is 4.74 Å². The first-order valence-electron chi connectivity index (χ1n) is 8.59. The molecule has 3 rings (SSSR count). The average molecular weight is 342 g/mol. The van der Waals surface area contributed by atoms with Gasteiger partial charge in [-0.25, -0.2) is 9.18 Å². The van der Waals surface area contributed by atoms with Crippen molar-refractivity contribution < 1.29 is 13.9 Å². The largest absolute Gasteiger partial charge is 0.445 e. The third kappa shape index (κ3) is 4.79. The summed E-state index contributed by atoms with van der Waals surface area (Å²) in [4.78, 5) is 11.8. The van der Waals surface area contributed by atoms with Crippen LogP contribution in [-0.2, 0) is 11.3 Å². The number of alkyl carbamates (subject to hydrolysis) is 1. The molecule has 0 aliphatic heterocycles. The van der Waals surface area contributed by atoms with E-state index in [1.54, 1.807) is 12.1 Å². The Morgan fingerprint density at radius 2 is 1.80 bits per heavy atom. The van der Waals surface area contributed by atoms with Crippen LogP contribution in [0.15, 0.2) is 54.6 Å². The van der Waals surface area contributed by atoms with Gasteiger partial charge in [0.15, 0.2) is 0 Å². The van der Waals surface area contributed by atoms with Gasteiger partial charge in [0, 0.05) is 23.7 Å². The van der Waals surface area contributed by atoms with Crippen molar-refractivity contribution in [2.45, 2.75) is 44.5 Å². The molecule has 0 saturated heterocycles. The first kappa shape index (κ1) is 17.4. The van der Waals surface area contributed by atoms with E-state index < -0.39 is 6.09 Å². The Morgan fingerprint density at radius 1 is 1.12 bits per heavy atom. The minimum atomic E-state index is -0.394. The molecule has 1 aliphatic carbocycles. The average Bonchev–Trinajstić information content (AvgIpc) is 2.59. The molecule has 2 aromatic rings. The molecule has 0 aromatic heterocycles. The predicted octanol–water partition coefficient (Wildman–Crippen LogP) is 3.93. The number of benzene rings is 2. The Bertz CT molecular complexity index is 702. The van der Waals surface area contributed by atoms with E-state index in [1.165, 1.54) is 6.07 Å². The minimum Gasteiger partial charge on any atom is -0.445 e. The SMILES string of the molecule is C[C@@H](NC1CC(NC(=O)OCc2ccccc2)C1)c1ccccc1F. The van der Waals surface area contributed by atoms with Crippen LogP contribution < -0.4 is 10.6 Å². The van der Waals surface area contributed by atoms with Crippen LogP contribution in [0, 0.1) is 5.82 Å². The summed E-state index contributed by atoms with van der Waals surface area (Å²) in [7, 11) is 0. The fourth-order valence-electron chi connectivity index (χ4n) is 3.07. The van der Waals surface area contributed by atoms with Crippen molar-refractivity contribution in [3.8, 4) is 0 Å². The Morgan fingerprint density at radius 3 is 2.52 bits per heavy atom. The molecule has 1 fully saturated rings. The molecular formula is C20H23FN2O2. The molecular weight excluding hydrogens is 319 g/mol. The maximum Gasteiger partial charge on any atom is 0.407 e. The topological polar surface area (TPSA) is 50.4 Å². The number of carbonyl (C=O) groups excluding carboxylic acids is 1. The van der Waals surface area contributed by atoms with E-state index >= 15 is 0 Å². The smallest absolute Gasteiger partial charge is 0.407 e. The summed E-state index contributed by atoms with van der Waals surface area (Å²) in [5.74, 6) is -0.194. The second-order valence-electron chi connectivity index (χ2n) is 6.48. The van der Waals surface area contributed by atoms with E-state index in [0.29, 0.717) is 5.56 Å². The Kier molecular flexibility index (Phi) is 5.66. The van der Waals surface area contributed by atoms with Crippen molar-refractivity contribution >= 4 is 6.09 Å². The fourth-order valence-corrected chi connectivity index (χ4v) is 3.07. The molecule has 0 unspecified atom stereocenters. The number of hydrogen-bond acceptors (Lipinski definition) is 3. The minimum absolute atomic E-state index is 0.0582. The highest BCUT2D eigenvalue weighted by Gasteiger charge is 2.31. The first-order chi connectivity index (χ1) is 12.1. The molecule has 25 heavy (non-hydrogen) atoms. The Hall–Kier alpha value is -2.40. The number of amides is 1. The van der Waals surface area contributed by atoms with Gasteiger partial charge in [0.2, 0.25) is 0 Å². The molecule has 1 atom stereocenters. The number of rotatable bonds is 6. The van der Waals surface area contributed by atoms with Crippen molar-refractivity contribution in [3.05, 3.63) is 71.5 Å². The summed E-state index contributed by atoms with van der Waals surface area (Å²) in [5.41, 5.74) is 1.63. The van der Waals surface area contributed by atoms with Gasteiger partial charge in [-0.05, 0) is 31.4 Å².